The van der Waals surface area contributed by atoms with Gasteiger partial charge in [0.05, 0.1) is 6.04 Å². The van der Waals surface area contributed by atoms with Crippen molar-refractivity contribution in [2.45, 2.75) is 44.2 Å². The quantitative estimate of drug-likeness (QED) is 0.405. The molecule has 1 aromatic heterocycles. The SMILES string of the molecule is O=C(c1cc2ccc(OC3CCN(c4ccc(OC(F)(F)F)cc4)CC3)cc2o1)N(Cl)C1CCNCC1. The average Bonchev–Trinajstić information content (AvgIpc) is 3.32. The first-order valence-corrected chi connectivity index (χ1v) is 12.6. The predicted molar refractivity (Wildman–Crippen MR) is 133 cm³/mol. The number of fused-ring (bicyclic) bond motifs is 1. The molecule has 0 bridgehead atoms. The lowest BCUT2D eigenvalue weighted by atomic mass is 10.1. The molecule has 2 aliphatic heterocycles. The zero-order chi connectivity index (χ0) is 26.0. The van der Waals surface area contributed by atoms with Crippen LogP contribution >= 0.6 is 11.8 Å². The van der Waals surface area contributed by atoms with Gasteiger partial charge >= 0.3 is 12.3 Å². The summed E-state index contributed by atoms with van der Waals surface area (Å²) in [4.78, 5) is 14.9. The fourth-order valence-electron chi connectivity index (χ4n) is 4.78. The first-order valence-electron chi connectivity index (χ1n) is 12.3. The predicted octanol–water partition coefficient (Wildman–Crippen LogP) is 5.73. The maximum atomic E-state index is 12.8. The van der Waals surface area contributed by atoms with Crippen LogP contribution in [0.25, 0.3) is 11.0 Å². The number of nitrogens with one attached hydrogen (secondary N) is 1. The van der Waals surface area contributed by atoms with Crippen molar-refractivity contribution in [1.29, 1.82) is 0 Å². The van der Waals surface area contributed by atoms with Crippen molar-refractivity contribution in [2.24, 2.45) is 0 Å². The number of carbonyl (C=O) groups is 1. The lowest BCUT2D eigenvalue weighted by molar-refractivity contribution is -0.274. The van der Waals surface area contributed by atoms with E-state index in [-0.39, 0.29) is 29.6 Å². The van der Waals surface area contributed by atoms with Crippen molar-refractivity contribution in [1.82, 2.24) is 9.74 Å². The number of anilines is 1. The summed E-state index contributed by atoms with van der Waals surface area (Å²) in [6.45, 7) is 3.05. The highest BCUT2D eigenvalue weighted by atomic mass is 35.5. The Labute approximate surface area is 217 Å². The summed E-state index contributed by atoms with van der Waals surface area (Å²) in [7, 11) is 0. The van der Waals surface area contributed by atoms with Crippen LogP contribution in [0, 0.1) is 0 Å². The van der Waals surface area contributed by atoms with Gasteiger partial charge in [0.2, 0.25) is 0 Å². The number of amides is 1. The fraction of sp³-hybridized carbons (Fsp3) is 0.423. The second-order valence-corrected chi connectivity index (χ2v) is 9.62. The molecule has 7 nitrogen and oxygen atoms in total. The Balaban J connectivity index is 1.17. The summed E-state index contributed by atoms with van der Waals surface area (Å²) in [5, 5.41) is 4.04. The van der Waals surface area contributed by atoms with Crippen molar-refractivity contribution < 1.29 is 31.9 Å². The van der Waals surface area contributed by atoms with E-state index in [0.29, 0.717) is 24.4 Å². The Morgan fingerprint density at radius 3 is 2.35 bits per heavy atom. The Kier molecular flexibility index (Phi) is 7.39. The third kappa shape index (κ3) is 6.24. The maximum absolute atomic E-state index is 12.8. The summed E-state index contributed by atoms with van der Waals surface area (Å²) in [6, 6.07) is 13.0. The van der Waals surface area contributed by atoms with E-state index < -0.39 is 6.36 Å². The molecule has 0 radical (unpaired) electrons. The number of halogens is 4. The molecular formula is C26H27ClF3N3O4. The van der Waals surface area contributed by atoms with Gasteiger partial charge in [-0.05, 0) is 68.4 Å². The average molecular weight is 538 g/mol. The summed E-state index contributed by atoms with van der Waals surface area (Å²) in [6.07, 6.45) is -1.63. The molecule has 0 aliphatic carbocycles. The standard InChI is InChI=1S/C26H27ClF3N3O4/c27-33(19-7-11-31-12-8-19)25(34)24-15-17-1-4-22(16-23(17)36-24)35-20-9-13-32(14-10-20)18-2-5-21(6-3-18)37-26(28,29)30/h1-6,15-16,19-20,31H,7-14H2. The van der Waals surface area contributed by atoms with Gasteiger partial charge in [0.1, 0.15) is 23.2 Å². The number of piperidine rings is 2. The first kappa shape index (κ1) is 25.5. The van der Waals surface area contributed by atoms with Crippen LogP contribution < -0.4 is 19.7 Å². The number of alkyl halides is 3. The monoisotopic (exact) mass is 537 g/mol. The molecular weight excluding hydrogens is 511 g/mol. The van der Waals surface area contributed by atoms with Crippen LogP contribution in [0.3, 0.4) is 0 Å². The molecule has 2 fully saturated rings. The number of carbonyl (C=O) groups excluding carboxylic acids is 1. The van der Waals surface area contributed by atoms with Crippen molar-refractivity contribution >= 4 is 34.3 Å². The lowest BCUT2D eigenvalue weighted by Crippen LogP contribution is -2.41. The molecule has 1 N–H and O–H groups in total. The van der Waals surface area contributed by atoms with E-state index in [1.54, 1.807) is 24.3 Å². The van der Waals surface area contributed by atoms with E-state index in [4.69, 9.17) is 20.9 Å². The van der Waals surface area contributed by atoms with Gasteiger partial charge in [0.25, 0.3) is 0 Å². The minimum Gasteiger partial charge on any atom is -0.490 e. The molecule has 0 saturated carbocycles. The van der Waals surface area contributed by atoms with Crippen molar-refractivity contribution in [3.05, 3.63) is 54.3 Å². The van der Waals surface area contributed by atoms with Crippen LogP contribution in [-0.4, -0.2) is 55.0 Å². The van der Waals surface area contributed by atoms with Crippen LogP contribution in [0.1, 0.15) is 36.2 Å². The number of furan rings is 1. The number of nitrogens with zero attached hydrogens (tertiary/aromatic N) is 2. The van der Waals surface area contributed by atoms with Crippen LogP contribution in [0.4, 0.5) is 18.9 Å². The fourth-order valence-corrected chi connectivity index (χ4v) is 5.06. The van der Waals surface area contributed by atoms with Crippen LogP contribution in [0.2, 0.25) is 0 Å². The molecule has 3 heterocycles. The zero-order valence-corrected chi connectivity index (χ0v) is 20.7. The summed E-state index contributed by atoms with van der Waals surface area (Å²) in [5.74, 6) is 0.255. The van der Waals surface area contributed by atoms with Gasteiger partial charge in [0, 0.05) is 54.8 Å². The summed E-state index contributed by atoms with van der Waals surface area (Å²) >= 11 is 6.34. The van der Waals surface area contributed by atoms with Crippen LogP contribution in [0.15, 0.2) is 52.9 Å². The van der Waals surface area contributed by atoms with Gasteiger partial charge in [-0.1, -0.05) is 0 Å². The molecule has 0 atom stereocenters. The highest BCUT2D eigenvalue weighted by Gasteiger charge is 2.31. The van der Waals surface area contributed by atoms with Gasteiger partial charge in [-0.15, -0.1) is 13.2 Å². The lowest BCUT2D eigenvalue weighted by Gasteiger charge is -2.33. The summed E-state index contributed by atoms with van der Waals surface area (Å²) in [5.41, 5.74) is 1.38. The molecule has 1 amide bonds. The second kappa shape index (κ2) is 10.7. The zero-order valence-electron chi connectivity index (χ0n) is 20.0. The molecule has 2 aliphatic rings. The minimum absolute atomic E-state index is 0.0177. The number of rotatable bonds is 6. The molecule has 3 aromatic rings. The molecule has 11 heteroatoms. The Bertz CT molecular complexity index is 1220. The second-order valence-electron chi connectivity index (χ2n) is 9.25. The van der Waals surface area contributed by atoms with Gasteiger partial charge in [-0.3, -0.25) is 4.79 Å². The summed E-state index contributed by atoms with van der Waals surface area (Å²) < 4.78 is 54.3. The van der Waals surface area contributed by atoms with E-state index in [1.807, 2.05) is 12.1 Å². The van der Waals surface area contributed by atoms with E-state index in [1.165, 1.54) is 16.6 Å². The third-order valence-corrected chi connectivity index (χ3v) is 7.14. The molecule has 198 valence electrons. The van der Waals surface area contributed by atoms with E-state index in [2.05, 4.69) is 15.0 Å². The van der Waals surface area contributed by atoms with E-state index in [9.17, 15) is 18.0 Å². The van der Waals surface area contributed by atoms with E-state index in [0.717, 1.165) is 49.8 Å². The molecule has 5 rings (SSSR count). The Hall–Kier alpha value is -3.11. The highest BCUT2D eigenvalue weighted by molar-refractivity contribution is 6.24. The molecule has 2 saturated heterocycles. The normalized spacial score (nSPS) is 17.7. The Morgan fingerprint density at radius 1 is 1.00 bits per heavy atom. The smallest absolute Gasteiger partial charge is 0.490 e. The number of benzene rings is 2. The molecule has 37 heavy (non-hydrogen) atoms. The van der Waals surface area contributed by atoms with Gasteiger partial charge in [-0.2, -0.15) is 0 Å². The largest absolute Gasteiger partial charge is 0.573 e. The number of hydrogen-bond donors (Lipinski definition) is 1. The molecule has 0 unspecified atom stereocenters. The number of ether oxygens (including phenoxy) is 2. The van der Waals surface area contributed by atoms with Crippen LogP contribution in [0.5, 0.6) is 11.5 Å². The van der Waals surface area contributed by atoms with Crippen molar-refractivity contribution in [3.8, 4) is 11.5 Å². The van der Waals surface area contributed by atoms with Crippen molar-refractivity contribution in [2.75, 3.05) is 31.1 Å². The number of hydrogen-bond acceptors (Lipinski definition) is 6. The maximum Gasteiger partial charge on any atom is 0.573 e. The molecule has 2 aromatic carbocycles. The highest BCUT2D eigenvalue weighted by Crippen LogP contribution is 2.30. The Morgan fingerprint density at radius 2 is 1.68 bits per heavy atom. The minimum atomic E-state index is -4.70. The third-order valence-electron chi connectivity index (χ3n) is 6.71. The van der Waals surface area contributed by atoms with Gasteiger partial charge in [0.15, 0.2) is 5.76 Å². The van der Waals surface area contributed by atoms with Crippen LogP contribution in [-0.2, 0) is 0 Å². The van der Waals surface area contributed by atoms with E-state index >= 15 is 0 Å². The van der Waals surface area contributed by atoms with Crippen molar-refractivity contribution in [3.63, 3.8) is 0 Å². The van der Waals surface area contributed by atoms with Gasteiger partial charge in [-0.25, -0.2) is 4.42 Å². The first-order chi connectivity index (χ1) is 17.7. The topological polar surface area (TPSA) is 67.2 Å². The van der Waals surface area contributed by atoms with Gasteiger partial charge < -0.3 is 24.1 Å². The molecule has 0 spiro atoms.